The van der Waals surface area contributed by atoms with Crippen molar-refractivity contribution in [3.05, 3.63) is 35.9 Å². The van der Waals surface area contributed by atoms with Gasteiger partial charge in [0.25, 0.3) is 5.91 Å². The number of amides is 1. The zero-order chi connectivity index (χ0) is 14.5. The Kier molecular flexibility index (Phi) is 4.74. The van der Waals surface area contributed by atoms with Crippen LogP contribution in [0.2, 0.25) is 0 Å². The molecule has 1 aliphatic heterocycles. The zero-order valence-corrected chi connectivity index (χ0v) is 11.9. The number of hydrogen-bond donors (Lipinski definition) is 0. The molecule has 1 aliphatic rings. The van der Waals surface area contributed by atoms with Crippen molar-refractivity contribution in [3.8, 4) is 0 Å². The predicted octanol–water partition coefficient (Wildman–Crippen LogP) is 1.01. The van der Waals surface area contributed by atoms with Crippen LogP contribution in [-0.2, 0) is 9.53 Å². The summed E-state index contributed by atoms with van der Waals surface area (Å²) in [5, 5.41) is 0. The fraction of sp³-hybridized carbons (Fsp3) is 0.467. The number of methoxy groups -OCH3 is 1. The molecule has 0 aromatic heterocycles. The van der Waals surface area contributed by atoms with Gasteiger partial charge in [-0.05, 0) is 19.1 Å². The molecule has 20 heavy (non-hydrogen) atoms. The highest BCUT2D eigenvalue weighted by Crippen LogP contribution is 2.11. The monoisotopic (exact) mass is 276 g/mol. The van der Waals surface area contributed by atoms with Crippen LogP contribution in [0.15, 0.2) is 30.3 Å². The van der Waals surface area contributed by atoms with Crippen LogP contribution in [0.1, 0.15) is 17.3 Å². The van der Waals surface area contributed by atoms with Crippen molar-refractivity contribution < 1.29 is 14.3 Å². The fourth-order valence-corrected chi connectivity index (χ4v) is 2.40. The van der Waals surface area contributed by atoms with E-state index in [4.69, 9.17) is 4.74 Å². The van der Waals surface area contributed by atoms with E-state index in [1.807, 2.05) is 47.1 Å². The molecule has 5 heteroatoms. The SMILES string of the molecule is COC(=O)C(C)N1CCN(C(=O)c2ccccc2)CC1. The summed E-state index contributed by atoms with van der Waals surface area (Å²) in [7, 11) is 1.40. The summed E-state index contributed by atoms with van der Waals surface area (Å²) >= 11 is 0. The molecule has 1 heterocycles. The van der Waals surface area contributed by atoms with Crippen molar-refractivity contribution in [1.29, 1.82) is 0 Å². The van der Waals surface area contributed by atoms with E-state index in [1.54, 1.807) is 0 Å². The van der Waals surface area contributed by atoms with Gasteiger partial charge in [-0.15, -0.1) is 0 Å². The number of carbonyl (C=O) groups is 2. The Morgan fingerprint density at radius 2 is 1.70 bits per heavy atom. The molecule has 0 saturated carbocycles. The lowest BCUT2D eigenvalue weighted by atomic mass is 10.1. The van der Waals surface area contributed by atoms with Gasteiger partial charge in [-0.25, -0.2) is 0 Å². The molecule has 2 rings (SSSR count). The first-order valence-electron chi connectivity index (χ1n) is 6.79. The first-order chi connectivity index (χ1) is 9.63. The number of piperazine rings is 1. The quantitative estimate of drug-likeness (QED) is 0.773. The molecule has 1 saturated heterocycles. The second-order valence-electron chi connectivity index (χ2n) is 4.89. The molecule has 0 bridgehead atoms. The lowest BCUT2D eigenvalue weighted by Gasteiger charge is -2.37. The molecule has 1 amide bonds. The maximum atomic E-state index is 12.3. The largest absolute Gasteiger partial charge is 0.468 e. The summed E-state index contributed by atoms with van der Waals surface area (Å²) in [6, 6.07) is 9.02. The lowest BCUT2D eigenvalue weighted by molar-refractivity contribution is -0.146. The van der Waals surface area contributed by atoms with Gasteiger partial charge in [-0.1, -0.05) is 18.2 Å². The van der Waals surface area contributed by atoms with E-state index >= 15 is 0 Å². The number of nitrogens with zero attached hydrogens (tertiary/aromatic N) is 2. The summed E-state index contributed by atoms with van der Waals surface area (Å²) in [5.74, 6) is -0.177. The van der Waals surface area contributed by atoms with Gasteiger partial charge >= 0.3 is 5.97 Å². The average Bonchev–Trinajstić information content (AvgIpc) is 2.53. The third kappa shape index (κ3) is 3.17. The summed E-state index contributed by atoms with van der Waals surface area (Å²) in [5.41, 5.74) is 0.710. The van der Waals surface area contributed by atoms with E-state index in [9.17, 15) is 9.59 Å². The molecule has 0 aliphatic carbocycles. The van der Waals surface area contributed by atoms with Gasteiger partial charge in [0.2, 0.25) is 0 Å². The highest BCUT2D eigenvalue weighted by Gasteiger charge is 2.28. The summed E-state index contributed by atoms with van der Waals surface area (Å²) < 4.78 is 4.75. The van der Waals surface area contributed by atoms with Crippen molar-refractivity contribution >= 4 is 11.9 Å². The predicted molar refractivity (Wildman–Crippen MR) is 75.4 cm³/mol. The molecular formula is C15H20N2O3. The molecule has 1 aromatic rings. The highest BCUT2D eigenvalue weighted by molar-refractivity contribution is 5.94. The minimum atomic E-state index is -0.256. The number of benzene rings is 1. The Hall–Kier alpha value is -1.88. The molecule has 0 radical (unpaired) electrons. The van der Waals surface area contributed by atoms with Crippen molar-refractivity contribution in [2.45, 2.75) is 13.0 Å². The van der Waals surface area contributed by atoms with E-state index in [2.05, 4.69) is 0 Å². The van der Waals surface area contributed by atoms with Gasteiger partial charge in [-0.3, -0.25) is 14.5 Å². The maximum absolute atomic E-state index is 12.3. The summed E-state index contributed by atoms with van der Waals surface area (Å²) in [4.78, 5) is 27.7. The molecule has 108 valence electrons. The summed E-state index contributed by atoms with van der Waals surface area (Å²) in [6.07, 6.45) is 0. The minimum absolute atomic E-state index is 0.0518. The number of carbonyl (C=O) groups excluding carboxylic acids is 2. The van der Waals surface area contributed by atoms with Crippen LogP contribution in [-0.4, -0.2) is 61.0 Å². The first-order valence-corrected chi connectivity index (χ1v) is 6.79. The standard InChI is InChI=1S/C15H20N2O3/c1-12(15(19)20-2)16-8-10-17(11-9-16)14(18)13-6-4-3-5-7-13/h3-7,12H,8-11H2,1-2H3. The van der Waals surface area contributed by atoms with Gasteiger partial charge in [0.05, 0.1) is 7.11 Å². The Labute approximate surface area is 119 Å². The molecule has 0 N–H and O–H groups in total. The smallest absolute Gasteiger partial charge is 0.322 e. The van der Waals surface area contributed by atoms with Crippen molar-refractivity contribution in [1.82, 2.24) is 9.80 Å². The van der Waals surface area contributed by atoms with Crippen molar-refractivity contribution in [2.24, 2.45) is 0 Å². The van der Waals surface area contributed by atoms with Gasteiger partial charge in [-0.2, -0.15) is 0 Å². The first kappa shape index (κ1) is 14.5. The Balaban J connectivity index is 1.91. The van der Waals surface area contributed by atoms with Crippen LogP contribution in [0.5, 0.6) is 0 Å². The molecular weight excluding hydrogens is 256 g/mol. The molecule has 1 aromatic carbocycles. The number of ether oxygens (including phenoxy) is 1. The normalized spacial score (nSPS) is 17.6. The van der Waals surface area contributed by atoms with Crippen LogP contribution in [0.4, 0.5) is 0 Å². The van der Waals surface area contributed by atoms with Crippen LogP contribution in [0.25, 0.3) is 0 Å². The van der Waals surface area contributed by atoms with Crippen molar-refractivity contribution in [2.75, 3.05) is 33.3 Å². The summed E-state index contributed by atoms with van der Waals surface area (Å²) in [6.45, 7) is 4.48. The van der Waals surface area contributed by atoms with Gasteiger partial charge in [0.15, 0.2) is 0 Å². The van der Waals surface area contributed by atoms with E-state index in [-0.39, 0.29) is 17.9 Å². The number of esters is 1. The average molecular weight is 276 g/mol. The molecule has 1 atom stereocenters. The van der Waals surface area contributed by atoms with Gasteiger partial charge < -0.3 is 9.64 Å². The van der Waals surface area contributed by atoms with E-state index in [0.717, 1.165) is 0 Å². The molecule has 1 unspecified atom stereocenters. The van der Waals surface area contributed by atoms with Crippen molar-refractivity contribution in [3.63, 3.8) is 0 Å². The van der Waals surface area contributed by atoms with E-state index < -0.39 is 0 Å². The second kappa shape index (κ2) is 6.52. The van der Waals surface area contributed by atoms with Gasteiger partial charge in [0, 0.05) is 31.7 Å². The Morgan fingerprint density at radius 1 is 1.10 bits per heavy atom. The van der Waals surface area contributed by atoms with Crippen LogP contribution in [0, 0.1) is 0 Å². The van der Waals surface area contributed by atoms with E-state index in [0.29, 0.717) is 31.7 Å². The number of rotatable bonds is 3. The van der Waals surface area contributed by atoms with Gasteiger partial charge in [0.1, 0.15) is 6.04 Å². The third-order valence-electron chi connectivity index (χ3n) is 3.71. The van der Waals surface area contributed by atoms with Crippen LogP contribution >= 0.6 is 0 Å². The fourth-order valence-electron chi connectivity index (χ4n) is 2.40. The zero-order valence-electron chi connectivity index (χ0n) is 11.9. The van der Waals surface area contributed by atoms with Crippen LogP contribution in [0.3, 0.4) is 0 Å². The van der Waals surface area contributed by atoms with Crippen LogP contribution < -0.4 is 0 Å². The highest BCUT2D eigenvalue weighted by atomic mass is 16.5. The molecule has 1 fully saturated rings. The Morgan fingerprint density at radius 3 is 2.25 bits per heavy atom. The number of hydrogen-bond acceptors (Lipinski definition) is 4. The van der Waals surface area contributed by atoms with E-state index in [1.165, 1.54) is 7.11 Å². The third-order valence-corrected chi connectivity index (χ3v) is 3.71. The minimum Gasteiger partial charge on any atom is -0.468 e. The topological polar surface area (TPSA) is 49.9 Å². The lowest BCUT2D eigenvalue weighted by Crippen LogP contribution is -2.53. The maximum Gasteiger partial charge on any atom is 0.322 e. The molecule has 0 spiro atoms. The Bertz CT molecular complexity index is 467. The second-order valence-corrected chi connectivity index (χ2v) is 4.89. The molecule has 5 nitrogen and oxygen atoms in total.